The molecule has 0 spiro atoms. The van der Waals surface area contributed by atoms with Crippen LogP contribution in [0.2, 0.25) is 0 Å². The highest BCUT2D eigenvalue weighted by Crippen LogP contribution is 2.20. The summed E-state index contributed by atoms with van der Waals surface area (Å²) >= 11 is 0. The van der Waals surface area contributed by atoms with E-state index in [2.05, 4.69) is 5.32 Å². The van der Waals surface area contributed by atoms with Crippen LogP contribution in [0.4, 0.5) is 8.78 Å². The van der Waals surface area contributed by atoms with Crippen molar-refractivity contribution in [3.05, 3.63) is 24.2 Å². The van der Waals surface area contributed by atoms with E-state index in [9.17, 15) is 8.78 Å². The van der Waals surface area contributed by atoms with E-state index in [1.54, 1.807) is 6.07 Å². The molecule has 1 heterocycles. The summed E-state index contributed by atoms with van der Waals surface area (Å²) in [7, 11) is 0. The lowest BCUT2D eigenvalue weighted by Gasteiger charge is -2.15. The maximum Gasteiger partial charge on any atom is 0.257 e. The number of alkyl halides is 2. The second-order valence-corrected chi connectivity index (χ2v) is 2.82. The number of halogens is 2. The summed E-state index contributed by atoms with van der Waals surface area (Å²) in [6.07, 6.45) is 1.18. The Labute approximate surface area is 75.9 Å². The first kappa shape index (κ1) is 10.2. The third kappa shape index (κ3) is 2.81. The molecule has 1 aromatic heterocycles. The van der Waals surface area contributed by atoms with Gasteiger partial charge in [-0.1, -0.05) is 6.92 Å². The highest BCUT2D eigenvalue weighted by molar-refractivity contribution is 5.12. The van der Waals surface area contributed by atoms with Gasteiger partial charge in [-0.25, -0.2) is 8.78 Å². The predicted molar refractivity (Wildman–Crippen MR) is 45.7 cm³/mol. The van der Waals surface area contributed by atoms with Gasteiger partial charge in [-0.15, -0.1) is 0 Å². The van der Waals surface area contributed by atoms with Gasteiger partial charge in [0.2, 0.25) is 0 Å². The summed E-state index contributed by atoms with van der Waals surface area (Å²) in [4.78, 5) is 0. The SMILES string of the molecule is CCCNC(c1ccoc1)C(F)F. The average molecular weight is 189 g/mol. The van der Waals surface area contributed by atoms with Crippen molar-refractivity contribution in [1.29, 1.82) is 0 Å². The average Bonchev–Trinajstić information content (AvgIpc) is 2.57. The molecule has 1 rings (SSSR count). The highest BCUT2D eigenvalue weighted by Gasteiger charge is 2.21. The van der Waals surface area contributed by atoms with Crippen LogP contribution in [-0.4, -0.2) is 13.0 Å². The second-order valence-electron chi connectivity index (χ2n) is 2.82. The summed E-state index contributed by atoms with van der Waals surface area (Å²) in [5.74, 6) is 0. The first-order valence-electron chi connectivity index (χ1n) is 4.29. The van der Waals surface area contributed by atoms with Crippen molar-refractivity contribution in [2.45, 2.75) is 25.8 Å². The minimum atomic E-state index is -2.40. The minimum absolute atomic E-state index is 0.503. The van der Waals surface area contributed by atoms with Crippen LogP contribution in [0.15, 0.2) is 23.0 Å². The first-order chi connectivity index (χ1) is 6.25. The Hall–Kier alpha value is -0.900. The van der Waals surface area contributed by atoms with Gasteiger partial charge in [0.25, 0.3) is 6.43 Å². The maximum absolute atomic E-state index is 12.5. The molecule has 1 unspecified atom stereocenters. The van der Waals surface area contributed by atoms with Crippen LogP contribution >= 0.6 is 0 Å². The summed E-state index contributed by atoms with van der Waals surface area (Å²) in [5.41, 5.74) is 0.503. The number of hydrogen-bond donors (Lipinski definition) is 1. The molecule has 74 valence electrons. The number of nitrogens with one attached hydrogen (secondary N) is 1. The molecule has 0 amide bonds. The second kappa shape index (κ2) is 4.97. The van der Waals surface area contributed by atoms with Gasteiger partial charge in [-0.3, -0.25) is 0 Å². The minimum Gasteiger partial charge on any atom is -0.472 e. The van der Waals surface area contributed by atoms with Crippen LogP contribution in [0.25, 0.3) is 0 Å². The van der Waals surface area contributed by atoms with E-state index in [-0.39, 0.29) is 0 Å². The third-order valence-corrected chi connectivity index (χ3v) is 1.77. The Morgan fingerprint density at radius 3 is 2.77 bits per heavy atom. The number of hydrogen-bond acceptors (Lipinski definition) is 2. The molecule has 0 aromatic carbocycles. The standard InChI is InChI=1S/C9H13F2NO/c1-2-4-12-8(9(10)11)7-3-5-13-6-7/h3,5-6,8-9,12H,2,4H2,1H3. The van der Waals surface area contributed by atoms with Gasteiger partial charge in [0, 0.05) is 5.56 Å². The smallest absolute Gasteiger partial charge is 0.257 e. The fourth-order valence-corrected chi connectivity index (χ4v) is 1.10. The van der Waals surface area contributed by atoms with Crippen molar-refractivity contribution in [2.75, 3.05) is 6.54 Å². The molecule has 0 fully saturated rings. The zero-order valence-corrected chi connectivity index (χ0v) is 7.47. The molecular weight excluding hydrogens is 176 g/mol. The van der Waals surface area contributed by atoms with E-state index in [1.165, 1.54) is 12.5 Å². The first-order valence-corrected chi connectivity index (χ1v) is 4.29. The Kier molecular flexibility index (Phi) is 3.89. The molecule has 0 radical (unpaired) electrons. The van der Waals surface area contributed by atoms with Gasteiger partial charge in [0.15, 0.2) is 0 Å². The van der Waals surface area contributed by atoms with E-state index in [1.807, 2.05) is 6.92 Å². The lowest BCUT2D eigenvalue weighted by atomic mass is 10.1. The molecule has 1 N–H and O–H groups in total. The van der Waals surface area contributed by atoms with Gasteiger partial charge < -0.3 is 9.73 Å². The van der Waals surface area contributed by atoms with E-state index in [4.69, 9.17) is 4.42 Å². The van der Waals surface area contributed by atoms with Crippen molar-refractivity contribution >= 4 is 0 Å². The largest absolute Gasteiger partial charge is 0.472 e. The number of rotatable bonds is 5. The Bertz CT molecular complexity index is 224. The molecule has 0 saturated heterocycles. The molecule has 1 aromatic rings. The van der Waals surface area contributed by atoms with Gasteiger partial charge >= 0.3 is 0 Å². The lowest BCUT2D eigenvalue weighted by molar-refractivity contribution is 0.0982. The summed E-state index contributed by atoms with van der Waals surface area (Å²) in [5, 5.41) is 2.76. The predicted octanol–water partition coefficient (Wildman–Crippen LogP) is 2.59. The van der Waals surface area contributed by atoms with E-state index in [0.717, 1.165) is 6.42 Å². The molecule has 0 aliphatic heterocycles. The van der Waals surface area contributed by atoms with Gasteiger partial charge in [-0.2, -0.15) is 0 Å². The quantitative estimate of drug-likeness (QED) is 0.770. The molecular formula is C9H13F2NO. The Balaban J connectivity index is 2.58. The zero-order chi connectivity index (χ0) is 9.68. The molecule has 0 bridgehead atoms. The Morgan fingerprint density at radius 2 is 2.31 bits per heavy atom. The molecule has 0 aliphatic carbocycles. The van der Waals surface area contributed by atoms with Crippen LogP contribution in [-0.2, 0) is 0 Å². The van der Waals surface area contributed by atoms with Crippen molar-refractivity contribution < 1.29 is 13.2 Å². The highest BCUT2D eigenvalue weighted by atomic mass is 19.3. The van der Waals surface area contributed by atoms with Crippen LogP contribution in [0.5, 0.6) is 0 Å². The molecule has 0 saturated carbocycles. The van der Waals surface area contributed by atoms with E-state index in [0.29, 0.717) is 12.1 Å². The number of furan rings is 1. The van der Waals surface area contributed by atoms with Gasteiger partial charge in [0.05, 0.1) is 18.6 Å². The fraction of sp³-hybridized carbons (Fsp3) is 0.556. The van der Waals surface area contributed by atoms with Crippen LogP contribution in [0.3, 0.4) is 0 Å². The summed E-state index contributed by atoms with van der Waals surface area (Å²) < 4.78 is 29.7. The van der Waals surface area contributed by atoms with Gasteiger partial charge in [-0.05, 0) is 19.0 Å². The van der Waals surface area contributed by atoms with Crippen LogP contribution in [0, 0.1) is 0 Å². The van der Waals surface area contributed by atoms with E-state index < -0.39 is 12.5 Å². The Morgan fingerprint density at radius 1 is 1.54 bits per heavy atom. The van der Waals surface area contributed by atoms with Crippen molar-refractivity contribution in [2.24, 2.45) is 0 Å². The molecule has 0 aliphatic rings. The lowest BCUT2D eigenvalue weighted by Crippen LogP contribution is -2.27. The normalized spacial score (nSPS) is 13.5. The summed E-state index contributed by atoms with van der Waals surface area (Å²) in [6.45, 7) is 2.52. The molecule has 13 heavy (non-hydrogen) atoms. The molecule has 1 atom stereocenters. The van der Waals surface area contributed by atoms with Crippen LogP contribution < -0.4 is 5.32 Å². The third-order valence-electron chi connectivity index (χ3n) is 1.77. The monoisotopic (exact) mass is 189 g/mol. The van der Waals surface area contributed by atoms with Crippen LogP contribution in [0.1, 0.15) is 24.9 Å². The molecule has 4 heteroatoms. The summed E-state index contributed by atoms with van der Waals surface area (Å²) in [6, 6.07) is 0.651. The van der Waals surface area contributed by atoms with Crippen molar-refractivity contribution in [1.82, 2.24) is 5.32 Å². The van der Waals surface area contributed by atoms with Gasteiger partial charge in [0.1, 0.15) is 0 Å². The topological polar surface area (TPSA) is 25.2 Å². The fourth-order valence-electron chi connectivity index (χ4n) is 1.10. The van der Waals surface area contributed by atoms with Crippen molar-refractivity contribution in [3.8, 4) is 0 Å². The zero-order valence-electron chi connectivity index (χ0n) is 7.47. The van der Waals surface area contributed by atoms with Crippen molar-refractivity contribution in [3.63, 3.8) is 0 Å². The van der Waals surface area contributed by atoms with E-state index >= 15 is 0 Å². The molecule has 2 nitrogen and oxygen atoms in total. The maximum atomic E-state index is 12.5.